The van der Waals surface area contributed by atoms with Crippen LogP contribution in [0.5, 0.6) is 5.75 Å². The smallest absolute Gasteiger partial charge is 0.122 e. The number of hydrogen-bond acceptors (Lipinski definition) is 3. The van der Waals surface area contributed by atoms with Gasteiger partial charge in [0, 0.05) is 24.6 Å². The molecule has 0 amide bonds. The standard InChI is InChI=1S/C13H21NO2/c1-13(2,9-14-10-15-3)11-7-5-6-8-12(11)16-4/h5-8,14H,9-10H2,1-4H3. The average Bonchev–Trinajstić information content (AvgIpc) is 2.29. The van der Waals surface area contributed by atoms with Crippen molar-refractivity contribution < 1.29 is 9.47 Å². The van der Waals surface area contributed by atoms with E-state index in [1.165, 1.54) is 5.56 Å². The highest BCUT2D eigenvalue weighted by Gasteiger charge is 2.23. The molecule has 0 atom stereocenters. The minimum atomic E-state index is 0.0190. The van der Waals surface area contributed by atoms with Crippen molar-refractivity contribution in [2.45, 2.75) is 19.3 Å². The number of hydrogen-bond donors (Lipinski definition) is 1. The average molecular weight is 223 g/mol. The molecule has 0 aliphatic rings. The number of ether oxygens (including phenoxy) is 2. The second-order valence-corrected chi connectivity index (χ2v) is 4.44. The molecular formula is C13H21NO2. The van der Waals surface area contributed by atoms with Gasteiger partial charge in [-0.05, 0) is 6.07 Å². The molecule has 1 rings (SSSR count). The van der Waals surface area contributed by atoms with Crippen molar-refractivity contribution in [2.24, 2.45) is 0 Å². The molecule has 0 aliphatic carbocycles. The summed E-state index contributed by atoms with van der Waals surface area (Å²) in [5.41, 5.74) is 1.23. The number of para-hydroxylation sites is 1. The van der Waals surface area contributed by atoms with Crippen molar-refractivity contribution in [3.05, 3.63) is 29.8 Å². The van der Waals surface area contributed by atoms with Crippen molar-refractivity contribution in [3.8, 4) is 5.75 Å². The van der Waals surface area contributed by atoms with E-state index in [9.17, 15) is 0 Å². The van der Waals surface area contributed by atoms with Crippen LogP contribution in [0.1, 0.15) is 19.4 Å². The molecule has 16 heavy (non-hydrogen) atoms. The maximum atomic E-state index is 5.38. The van der Waals surface area contributed by atoms with Gasteiger partial charge in [0.05, 0.1) is 13.8 Å². The lowest BCUT2D eigenvalue weighted by Gasteiger charge is -2.27. The maximum Gasteiger partial charge on any atom is 0.122 e. The van der Waals surface area contributed by atoms with Crippen LogP contribution in [0.2, 0.25) is 0 Å². The normalized spacial score (nSPS) is 11.5. The number of nitrogens with one attached hydrogen (secondary N) is 1. The molecule has 90 valence electrons. The van der Waals surface area contributed by atoms with Gasteiger partial charge in [0.15, 0.2) is 0 Å². The van der Waals surface area contributed by atoms with E-state index in [0.29, 0.717) is 6.73 Å². The number of methoxy groups -OCH3 is 2. The zero-order valence-corrected chi connectivity index (χ0v) is 10.5. The van der Waals surface area contributed by atoms with E-state index < -0.39 is 0 Å². The zero-order valence-electron chi connectivity index (χ0n) is 10.5. The molecule has 0 unspecified atom stereocenters. The molecule has 1 aromatic carbocycles. The summed E-state index contributed by atoms with van der Waals surface area (Å²) in [6, 6.07) is 8.12. The first-order valence-electron chi connectivity index (χ1n) is 5.45. The van der Waals surface area contributed by atoms with Crippen molar-refractivity contribution >= 4 is 0 Å². The Morgan fingerprint density at radius 1 is 1.19 bits per heavy atom. The fraction of sp³-hybridized carbons (Fsp3) is 0.538. The summed E-state index contributed by atoms with van der Waals surface area (Å²) in [5.74, 6) is 0.937. The first-order valence-corrected chi connectivity index (χ1v) is 5.45. The van der Waals surface area contributed by atoms with Crippen molar-refractivity contribution in [2.75, 3.05) is 27.5 Å². The lowest BCUT2D eigenvalue weighted by atomic mass is 9.84. The molecule has 3 nitrogen and oxygen atoms in total. The summed E-state index contributed by atoms with van der Waals surface area (Å²) in [4.78, 5) is 0. The molecule has 3 heteroatoms. The van der Waals surface area contributed by atoms with Gasteiger partial charge in [0.25, 0.3) is 0 Å². The third-order valence-electron chi connectivity index (χ3n) is 2.65. The zero-order chi connectivity index (χ0) is 12.0. The molecular weight excluding hydrogens is 202 g/mol. The summed E-state index contributed by atoms with van der Waals surface area (Å²) >= 11 is 0. The Bertz CT molecular complexity index is 323. The topological polar surface area (TPSA) is 30.5 Å². The van der Waals surface area contributed by atoms with Crippen LogP contribution in [-0.4, -0.2) is 27.5 Å². The van der Waals surface area contributed by atoms with Crippen LogP contribution in [0.3, 0.4) is 0 Å². The predicted octanol–water partition coefficient (Wildman–Crippen LogP) is 2.17. The van der Waals surface area contributed by atoms with Crippen molar-refractivity contribution in [1.82, 2.24) is 5.32 Å². The molecule has 0 aliphatic heterocycles. The van der Waals surface area contributed by atoms with E-state index in [1.807, 2.05) is 18.2 Å². The Morgan fingerprint density at radius 2 is 1.88 bits per heavy atom. The lowest BCUT2D eigenvalue weighted by Crippen LogP contribution is -2.34. The largest absolute Gasteiger partial charge is 0.496 e. The van der Waals surface area contributed by atoms with Crippen LogP contribution in [-0.2, 0) is 10.2 Å². The first kappa shape index (κ1) is 13.0. The van der Waals surface area contributed by atoms with E-state index in [2.05, 4.69) is 25.2 Å². The fourth-order valence-electron chi connectivity index (χ4n) is 1.76. The van der Waals surface area contributed by atoms with Gasteiger partial charge in [-0.15, -0.1) is 0 Å². The van der Waals surface area contributed by atoms with Gasteiger partial charge in [-0.25, -0.2) is 0 Å². The summed E-state index contributed by atoms with van der Waals surface area (Å²) in [6.07, 6.45) is 0. The fourth-order valence-corrected chi connectivity index (χ4v) is 1.76. The predicted molar refractivity (Wildman–Crippen MR) is 65.9 cm³/mol. The molecule has 0 saturated heterocycles. The molecule has 0 aromatic heterocycles. The maximum absolute atomic E-state index is 5.38. The Kier molecular flexibility index (Phi) is 4.77. The van der Waals surface area contributed by atoms with Gasteiger partial charge < -0.3 is 9.47 Å². The Morgan fingerprint density at radius 3 is 2.50 bits per heavy atom. The Balaban J connectivity index is 2.79. The van der Waals surface area contributed by atoms with E-state index in [4.69, 9.17) is 9.47 Å². The molecule has 1 aromatic rings. The van der Waals surface area contributed by atoms with Crippen LogP contribution in [0, 0.1) is 0 Å². The van der Waals surface area contributed by atoms with Gasteiger partial charge in [-0.3, -0.25) is 5.32 Å². The summed E-state index contributed by atoms with van der Waals surface area (Å²) < 4.78 is 10.4. The Labute approximate surface area is 97.8 Å². The molecule has 0 radical (unpaired) electrons. The van der Waals surface area contributed by atoms with E-state index in [0.717, 1.165) is 12.3 Å². The summed E-state index contributed by atoms with van der Waals surface area (Å²) in [5, 5.41) is 3.25. The van der Waals surface area contributed by atoms with Crippen molar-refractivity contribution in [1.29, 1.82) is 0 Å². The van der Waals surface area contributed by atoms with Crippen LogP contribution < -0.4 is 10.1 Å². The van der Waals surface area contributed by atoms with Crippen LogP contribution in [0.4, 0.5) is 0 Å². The molecule has 0 heterocycles. The molecule has 1 N–H and O–H groups in total. The van der Waals surface area contributed by atoms with Gasteiger partial charge in [-0.1, -0.05) is 32.0 Å². The van der Waals surface area contributed by atoms with Crippen LogP contribution >= 0.6 is 0 Å². The van der Waals surface area contributed by atoms with E-state index in [1.54, 1.807) is 14.2 Å². The third kappa shape index (κ3) is 3.22. The second kappa shape index (κ2) is 5.87. The first-order chi connectivity index (χ1) is 7.61. The number of rotatable bonds is 6. The SMILES string of the molecule is COCNCC(C)(C)c1ccccc1OC. The van der Waals surface area contributed by atoms with Gasteiger partial charge in [0.2, 0.25) is 0 Å². The van der Waals surface area contributed by atoms with Crippen LogP contribution in [0.15, 0.2) is 24.3 Å². The third-order valence-corrected chi connectivity index (χ3v) is 2.65. The van der Waals surface area contributed by atoms with E-state index in [-0.39, 0.29) is 5.41 Å². The molecule has 0 bridgehead atoms. The number of benzene rings is 1. The van der Waals surface area contributed by atoms with E-state index >= 15 is 0 Å². The highest BCUT2D eigenvalue weighted by Crippen LogP contribution is 2.30. The van der Waals surface area contributed by atoms with Gasteiger partial charge >= 0.3 is 0 Å². The quantitative estimate of drug-likeness (QED) is 0.592. The summed E-state index contributed by atoms with van der Waals surface area (Å²) in [7, 11) is 3.39. The van der Waals surface area contributed by atoms with Crippen LogP contribution in [0.25, 0.3) is 0 Å². The van der Waals surface area contributed by atoms with Gasteiger partial charge in [0.1, 0.15) is 5.75 Å². The monoisotopic (exact) mass is 223 g/mol. The minimum Gasteiger partial charge on any atom is -0.496 e. The van der Waals surface area contributed by atoms with Gasteiger partial charge in [-0.2, -0.15) is 0 Å². The highest BCUT2D eigenvalue weighted by atomic mass is 16.5. The molecule has 0 fully saturated rings. The Hall–Kier alpha value is -1.06. The minimum absolute atomic E-state index is 0.0190. The second-order valence-electron chi connectivity index (χ2n) is 4.44. The summed E-state index contributed by atoms with van der Waals surface area (Å²) in [6.45, 7) is 5.79. The lowest BCUT2D eigenvalue weighted by molar-refractivity contribution is 0.169. The molecule has 0 saturated carbocycles. The van der Waals surface area contributed by atoms with Crippen molar-refractivity contribution in [3.63, 3.8) is 0 Å². The molecule has 0 spiro atoms. The highest BCUT2D eigenvalue weighted by molar-refractivity contribution is 5.39.